The molecule has 92 valence electrons. The van der Waals surface area contributed by atoms with E-state index in [9.17, 15) is 13.2 Å². The van der Waals surface area contributed by atoms with Crippen LogP contribution in [-0.2, 0) is 6.54 Å². The molecule has 2 N–H and O–H groups in total. The van der Waals surface area contributed by atoms with Crippen LogP contribution in [0, 0.1) is 0 Å². The Labute approximate surface area is 107 Å². The Morgan fingerprint density at radius 3 is 2.65 bits per heavy atom. The van der Waals surface area contributed by atoms with Crippen molar-refractivity contribution in [3.63, 3.8) is 0 Å². The number of rotatable bonds is 1. The lowest BCUT2D eigenvalue weighted by Crippen LogP contribution is -2.18. The molecule has 0 aliphatic heterocycles. The molecule has 2 aromatic rings. The van der Waals surface area contributed by atoms with Crippen LogP contribution in [0.5, 0.6) is 0 Å². The zero-order valence-electron chi connectivity index (χ0n) is 8.22. The van der Waals surface area contributed by atoms with E-state index in [2.05, 4.69) is 21.0 Å². The van der Waals surface area contributed by atoms with Crippen LogP contribution in [0.2, 0.25) is 5.02 Å². The van der Waals surface area contributed by atoms with Crippen LogP contribution in [0.25, 0.3) is 10.9 Å². The topological polar surface area (TPSA) is 43.8 Å². The van der Waals surface area contributed by atoms with Gasteiger partial charge in [0.1, 0.15) is 6.54 Å². The molecule has 0 fully saturated rings. The largest absolute Gasteiger partial charge is 0.408 e. The van der Waals surface area contributed by atoms with E-state index in [-0.39, 0.29) is 16.4 Å². The third-order valence-corrected chi connectivity index (χ3v) is 3.10. The van der Waals surface area contributed by atoms with Crippen molar-refractivity contribution in [3.8, 4) is 0 Å². The van der Waals surface area contributed by atoms with Gasteiger partial charge in [-0.2, -0.15) is 18.3 Å². The molecule has 0 spiro atoms. The van der Waals surface area contributed by atoms with Crippen LogP contribution in [0.4, 0.5) is 19.0 Å². The number of aromatic nitrogens is 2. The lowest BCUT2D eigenvalue weighted by atomic mass is 10.2. The van der Waals surface area contributed by atoms with Crippen molar-refractivity contribution in [3.05, 3.63) is 21.6 Å². The number of nitrogens with zero attached hydrogens (tertiary/aromatic N) is 2. The quantitative estimate of drug-likeness (QED) is 0.869. The Hall–Kier alpha value is -0.950. The molecular weight excluding hydrogens is 322 g/mol. The second-order valence-corrected chi connectivity index (χ2v) is 4.67. The van der Waals surface area contributed by atoms with E-state index in [1.807, 2.05) is 0 Å². The number of benzene rings is 1. The zero-order valence-corrected chi connectivity index (χ0v) is 10.6. The van der Waals surface area contributed by atoms with Crippen LogP contribution in [0.3, 0.4) is 0 Å². The molecule has 0 saturated heterocycles. The zero-order chi connectivity index (χ0) is 12.8. The van der Waals surface area contributed by atoms with Crippen molar-refractivity contribution >= 4 is 44.3 Å². The summed E-state index contributed by atoms with van der Waals surface area (Å²) in [5.74, 6) is -0.0180. The average molecular weight is 329 g/mol. The van der Waals surface area contributed by atoms with Crippen LogP contribution in [-0.4, -0.2) is 16.0 Å². The van der Waals surface area contributed by atoms with Gasteiger partial charge in [0.15, 0.2) is 5.82 Å². The van der Waals surface area contributed by atoms with E-state index in [0.29, 0.717) is 9.86 Å². The molecule has 0 radical (unpaired) electrons. The van der Waals surface area contributed by atoms with Crippen LogP contribution in [0.15, 0.2) is 16.6 Å². The molecule has 3 nitrogen and oxygen atoms in total. The smallest absolute Gasteiger partial charge is 0.382 e. The highest BCUT2D eigenvalue weighted by molar-refractivity contribution is 9.10. The summed E-state index contributed by atoms with van der Waals surface area (Å²) < 4.78 is 38.3. The third-order valence-electron chi connectivity index (χ3n) is 2.15. The number of alkyl halides is 3. The molecule has 0 atom stereocenters. The predicted octanol–water partition coefficient (Wildman–Crippen LogP) is 3.60. The fourth-order valence-electron chi connectivity index (χ4n) is 1.55. The van der Waals surface area contributed by atoms with Gasteiger partial charge in [-0.05, 0) is 28.1 Å². The molecule has 17 heavy (non-hydrogen) atoms. The van der Waals surface area contributed by atoms with Crippen molar-refractivity contribution in [2.45, 2.75) is 12.7 Å². The Kier molecular flexibility index (Phi) is 2.99. The minimum atomic E-state index is -4.37. The van der Waals surface area contributed by atoms with Gasteiger partial charge in [-0.3, -0.25) is 4.68 Å². The Morgan fingerprint density at radius 2 is 2.06 bits per heavy atom. The first-order valence-corrected chi connectivity index (χ1v) is 5.63. The number of hydrogen-bond donors (Lipinski definition) is 1. The van der Waals surface area contributed by atoms with Crippen LogP contribution >= 0.6 is 27.5 Å². The summed E-state index contributed by atoms with van der Waals surface area (Å²) in [6, 6.07) is 3.10. The van der Waals surface area contributed by atoms with Crippen molar-refractivity contribution in [1.82, 2.24) is 9.78 Å². The molecule has 2 rings (SSSR count). The first-order chi connectivity index (χ1) is 7.79. The monoisotopic (exact) mass is 327 g/mol. The van der Waals surface area contributed by atoms with Crippen molar-refractivity contribution in [2.75, 3.05) is 5.73 Å². The van der Waals surface area contributed by atoms with Gasteiger partial charge in [0.2, 0.25) is 0 Å². The molecule has 0 aliphatic carbocycles. The van der Waals surface area contributed by atoms with E-state index in [0.717, 1.165) is 4.68 Å². The van der Waals surface area contributed by atoms with E-state index in [4.69, 9.17) is 17.3 Å². The summed E-state index contributed by atoms with van der Waals surface area (Å²) in [7, 11) is 0. The summed E-state index contributed by atoms with van der Waals surface area (Å²) in [5, 5.41) is 4.25. The van der Waals surface area contributed by atoms with Gasteiger partial charge < -0.3 is 5.73 Å². The van der Waals surface area contributed by atoms with Gasteiger partial charge in [-0.15, -0.1) is 0 Å². The summed E-state index contributed by atoms with van der Waals surface area (Å²) in [6.07, 6.45) is -4.37. The van der Waals surface area contributed by atoms with Crippen molar-refractivity contribution < 1.29 is 13.2 Å². The first kappa shape index (κ1) is 12.5. The lowest BCUT2D eigenvalue weighted by Gasteiger charge is -2.08. The second-order valence-electron chi connectivity index (χ2n) is 3.41. The first-order valence-electron chi connectivity index (χ1n) is 4.46. The third kappa shape index (κ3) is 2.35. The maximum atomic E-state index is 12.4. The highest BCUT2D eigenvalue weighted by Crippen LogP contribution is 2.34. The summed E-state index contributed by atoms with van der Waals surface area (Å²) in [5.41, 5.74) is 5.80. The van der Waals surface area contributed by atoms with Gasteiger partial charge in [0.25, 0.3) is 0 Å². The Morgan fingerprint density at radius 1 is 1.41 bits per heavy atom. The minimum Gasteiger partial charge on any atom is -0.382 e. The van der Waals surface area contributed by atoms with Gasteiger partial charge in [-0.25, -0.2) is 0 Å². The van der Waals surface area contributed by atoms with Crippen molar-refractivity contribution in [1.29, 1.82) is 0 Å². The van der Waals surface area contributed by atoms with Crippen LogP contribution in [0.1, 0.15) is 0 Å². The molecule has 8 heteroatoms. The molecule has 1 aromatic heterocycles. The summed E-state index contributed by atoms with van der Waals surface area (Å²) in [4.78, 5) is 0. The second kappa shape index (κ2) is 4.06. The Bertz CT molecular complexity index is 579. The number of halogens is 5. The SMILES string of the molecule is Nc1nn(CC(F)(F)F)c2c(Br)ccc(Cl)c12. The molecule has 0 saturated carbocycles. The molecule has 1 aromatic carbocycles. The van der Waals surface area contributed by atoms with E-state index < -0.39 is 12.7 Å². The summed E-state index contributed by atoms with van der Waals surface area (Å²) >= 11 is 9.04. The standard InChI is InChI=1S/C9H6BrClF3N3/c10-4-1-2-5(11)6-7(4)17(16-8(6)15)3-9(12,13)14/h1-2H,3H2,(H2,15,16). The molecule has 0 amide bonds. The molecule has 0 unspecified atom stereocenters. The van der Waals surface area contributed by atoms with E-state index in [1.165, 1.54) is 0 Å². The maximum absolute atomic E-state index is 12.4. The van der Waals surface area contributed by atoms with E-state index >= 15 is 0 Å². The highest BCUT2D eigenvalue weighted by atomic mass is 79.9. The lowest BCUT2D eigenvalue weighted by molar-refractivity contribution is -0.141. The fourth-order valence-corrected chi connectivity index (χ4v) is 2.34. The number of anilines is 1. The van der Waals surface area contributed by atoms with Gasteiger partial charge in [-0.1, -0.05) is 11.6 Å². The van der Waals surface area contributed by atoms with Crippen LogP contribution < -0.4 is 5.73 Å². The van der Waals surface area contributed by atoms with Gasteiger partial charge in [0, 0.05) is 4.47 Å². The Balaban J connectivity index is 2.70. The number of fused-ring (bicyclic) bond motifs is 1. The molecular formula is C9H6BrClF3N3. The molecule has 1 heterocycles. The van der Waals surface area contributed by atoms with E-state index in [1.54, 1.807) is 12.1 Å². The van der Waals surface area contributed by atoms with Crippen molar-refractivity contribution in [2.24, 2.45) is 0 Å². The normalized spacial score (nSPS) is 12.3. The average Bonchev–Trinajstić information content (AvgIpc) is 2.48. The number of nitrogen functional groups attached to an aromatic ring is 1. The summed E-state index contributed by atoms with van der Waals surface area (Å²) in [6.45, 7) is -1.21. The highest BCUT2D eigenvalue weighted by Gasteiger charge is 2.30. The molecule has 0 bridgehead atoms. The number of hydrogen-bond acceptors (Lipinski definition) is 2. The predicted molar refractivity (Wildman–Crippen MR) is 62.9 cm³/mol. The molecule has 0 aliphatic rings. The maximum Gasteiger partial charge on any atom is 0.408 e. The minimum absolute atomic E-state index is 0.0180. The van der Waals surface area contributed by atoms with Gasteiger partial charge >= 0.3 is 6.18 Å². The van der Waals surface area contributed by atoms with Gasteiger partial charge in [0.05, 0.1) is 15.9 Å². The fraction of sp³-hybridized carbons (Fsp3) is 0.222. The number of nitrogens with two attached hydrogens (primary N) is 1.